The molecule has 3 nitrogen and oxygen atoms in total. The minimum Gasteiger partial charge on any atom is -0.305 e. The maximum atomic E-state index is 4.44. The molecular formula is C13H14BrN3. The van der Waals surface area contributed by atoms with E-state index in [1.807, 2.05) is 24.4 Å². The van der Waals surface area contributed by atoms with Crippen LogP contribution in [0.25, 0.3) is 0 Å². The molecule has 88 valence electrons. The molecule has 0 bridgehead atoms. The molecule has 2 aromatic heterocycles. The summed E-state index contributed by atoms with van der Waals surface area (Å²) >= 11 is 3.54. The van der Waals surface area contributed by atoms with Crippen molar-refractivity contribution < 1.29 is 0 Å². The molecule has 2 heterocycles. The lowest BCUT2D eigenvalue weighted by atomic mass is 10.1. The highest BCUT2D eigenvalue weighted by molar-refractivity contribution is 9.10. The molecule has 2 aromatic rings. The highest BCUT2D eigenvalue weighted by atomic mass is 79.9. The maximum absolute atomic E-state index is 4.44. The number of aromatic nitrogens is 2. The predicted octanol–water partition coefficient (Wildman–Crippen LogP) is 2.94. The molecule has 0 amide bonds. The third kappa shape index (κ3) is 2.90. The molecule has 1 N–H and O–H groups in total. The molecular weight excluding hydrogens is 278 g/mol. The topological polar surface area (TPSA) is 37.8 Å². The SMILES string of the molecule is CCNC(c1cccnc1)c1ncccc1Br. The Hall–Kier alpha value is -1.26. The lowest BCUT2D eigenvalue weighted by Crippen LogP contribution is -2.23. The first-order valence-electron chi connectivity index (χ1n) is 5.56. The molecule has 0 aliphatic heterocycles. The monoisotopic (exact) mass is 291 g/mol. The van der Waals surface area contributed by atoms with E-state index < -0.39 is 0 Å². The van der Waals surface area contributed by atoms with Gasteiger partial charge in [-0.05, 0) is 46.2 Å². The number of hydrogen-bond donors (Lipinski definition) is 1. The first-order valence-corrected chi connectivity index (χ1v) is 6.36. The van der Waals surface area contributed by atoms with Crippen molar-refractivity contribution in [1.29, 1.82) is 0 Å². The molecule has 0 saturated carbocycles. The Morgan fingerprint density at radius 1 is 1.29 bits per heavy atom. The summed E-state index contributed by atoms with van der Waals surface area (Å²) in [6.07, 6.45) is 5.45. The van der Waals surface area contributed by atoms with Gasteiger partial charge in [-0.15, -0.1) is 0 Å². The molecule has 0 saturated heterocycles. The first kappa shape index (κ1) is 12.2. The van der Waals surface area contributed by atoms with Crippen molar-refractivity contribution in [3.8, 4) is 0 Å². The molecule has 4 heteroatoms. The minimum absolute atomic E-state index is 0.0734. The van der Waals surface area contributed by atoms with Crippen molar-refractivity contribution in [2.75, 3.05) is 6.54 Å². The van der Waals surface area contributed by atoms with E-state index in [1.54, 1.807) is 12.4 Å². The Labute approximate surface area is 109 Å². The van der Waals surface area contributed by atoms with E-state index in [0.29, 0.717) is 0 Å². The summed E-state index contributed by atoms with van der Waals surface area (Å²) in [7, 11) is 0. The fraction of sp³-hybridized carbons (Fsp3) is 0.231. The molecule has 0 spiro atoms. The molecule has 0 fully saturated rings. The van der Waals surface area contributed by atoms with Crippen LogP contribution >= 0.6 is 15.9 Å². The van der Waals surface area contributed by atoms with Crippen LogP contribution in [-0.2, 0) is 0 Å². The fourth-order valence-electron chi connectivity index (χ4n) is 1.73. The summed E-state index contributed by atoms with van der Waals surface area (Å²) in [6.45, 7) is 2.96. The van der Waals surface area contributed by atoms with E-state index in [-0.39, 0.29) is 6.04 Å². The van der Waals surface area contributed by atoms with Crippen LogP contribution < -0.4 is 5.32 Å². The van der Waals surface area contributed by atoms with Crippen molar-refractivity contribution in [1.82, 2.24) is 15.3 Å². The van der Waals surface area contributed by atoms with Crippen LogP contribution in [-0.4, -0.2) is 16.5 Å². The molecule has 1 atom stereocenters. The second-order valence-electron chi connectivity index (χ2n) is 3.65. The fourth-order valence-corrected chi connectivity index (χ4v) is 2.22. The van der Waals surface area contributed by atoms with Gasteiger partial charge in [-0.25, -0.2) is 0 Å². The van der Waals surface area contributed by atoms with Crippen molar-refractivity contribution in [2.45, 2.75) is 13.0 Å². The Morgan fingerprint density at radius 2 is 2.12 bits per heavy atom. The van der Waals surface area contributed by atoms with Crippen molar-refractivity contribution in [3.05, 3.63) is 58.6 Å². The van der Waals surface area contributed by atoms with Crippen molar-refractivity contribution in [2.24, 2.45) is 0 Å². The molecule has 17 heavy (non-hydrogen) atoms. The Bertz CT molecular complexity index is 473. The minimum atomic E-state index is 0.0734. The van der Waals surface area contributed by atoms with Gasteiger partial charge < -0.3 is 5.32 Å². The number of halogens is 1. The van der Waals surface area contributed by atoms with Gasteiger partial charge in [0.25, 0.3) is 0 Å². The average Bonchev–Trinajstić information content (AvgIpc) is 2.38. The van der Waals surface area contributed by atoms with Gasteiger partial charge in [-0.2, -0.15) is 0 Å². The van der Waals surface area contributed by atoms with E-state index >= 15 is 0 Å². The third-order valence-electron chi connectivity index (χ3n) is 2.49. The molecule has 2 rings (SSSR count). The first-order chi connectivity index (χ1) is 8.33. The predicted molar refractivity (Wildman–Crippen MR) is 71.7 cm³/mol. The summed E-state index contributed by atoms with van der Waals surface area (Å²) in [5, 5.41) is 3.42. The van der Waals surface area contributed by atoms with Gasteiger partial charge in [-0.3, -0.25) is 9.97 Å². The Kier molecular flexibility index (Phi) is 4.23. The summed E-state index contributed by atoms with van der Waals surface area (Å²) in [6, 6.07) is 7.99. The number of pyridine rings is 2. The second-order valence-corrected chi connectivity index (χ2v) is 4.50. The highest BCUT2D eigenvalue weighted by Gasteiger charge is 2.16. The van der Waals surface area contributed by atoms with Gasteiger partial charge in [0.1, 0.15) is 0 Å². The van der Waals surface area contributed by atoms with Gasteiger partial charge in [0, 0.05) is 23.1 Å². The molecule has 0 aromatic carbocycles. The average molecular weight is 292 g/mol. The van der Waals surface area contributed by atoms with Crippen LogP contribution in [0, 0.1) is 0 Å². The van der Waals surface area contributed by atoms with E-state index in [2.05, 4.69) is 44.2 Å². The molecule has 0 aliphatic carbocycles. The number of hydrogen-bond acceptors (Lipinski definition) is 3. The number of rotatable bonds is 4. The molecule has 0 aliphatic rings. The molecule has 0 radical (unpaired) electrons. The quantitative estimate of drug-likeness (QED) is 0.941. The highest BCUT2D eigenvalue weighted by Crippen LogP contribution is 2.25. The van der Waals surface area contributed by atoms with E-state index in [9.17, 15) is 0 Å². The number of nitrogens with one attached hydrogen (secondary N) is 1. The lowest BCUT2D eigenvalue weighted by molar-refractivity contribution is 0.611. The summed E-state index contributed by atoms with van der Waals surface area (Å²) < 4.78 is 1.01. The largest absolute Gasteiger partial charge is 0.305 e. The van der Waals surface area contributed by atoms with E-state index in [4.69, 9.17) is 0 Å². The Balaban J connectivity index is 2.39. The van der Waals surface area contributed by atoms with Gasteiger partial charge in [0.05, 0.1) is 11.7 Å². The zero-order valence-corrected chi connectivity index (χ0v) is 11.2. The third-order valence-corrected chi connectivity index (χ3v) is 3.16. The smallest absolute Gasteiger partial charge is 0.0777 e. The van der Waals surface area contributed by atoms with Gasteiger partial charge in [-0.1, -0.05) is 13.0 Å². The zero-order valence-electron chi connectivity index (χ0n) is 9.60. The van der Waals surface area contributed by atoms with Crippen molar-refractivity contribution >= 4 is 15.9 Å². The van der Waals surface area contributed by atoms with Crippen LogP contribution in [0.2, 0.25) is 0 Å². The Morgan fingerprint density at radius 3 is 2.76 bits per heavy atom. The van der Waals surface area contributed by atoms with Gasteiger partial charge >= 0.3 is 0 Å². The number of nitrogens with zero attached hydrogens (tertiary/aromatic N) is 2. The van der Waals surface area contributed by atoms with Crippen molar-refractivity contribution in [3.63, 3.8) is 0 Å². The maximum Gasteiger partial charge on any atom is 0.0777 e. The van der Waals surface area contributed by atoms with Gasteiger partial charge in [0.2, 0.25) is 0 Å². The lowest BCUT2D eigenvalue weighted by Gasteiger charge is -2.18. The van der Waals surface area contributed by atoms with Crippen LogP contribution in [0.3, 0.4) is 0 Å². The van der Waals surface area contributed by atoms with E-state index in [1.165, 1.54) is 0 Å². The summed E-state index contributed by atoms with van der Waals surface area (Å²) in [5.74, 6) is 0. The second kappa shape index (κ2) is 5.89. The zero-order chi connectivity index (χ0) is 12.1. The summed E-state index contributed by atoms with van der Waals surface area (Å²) in [4.78, 5) is 8.60. The van der Waals surface area contributed by atoms with E-state index in [0.717, 1.165) is 22.3 Å². The normalized spacial score (nSPS) is 12.4. The van der Waals surface area contributed by atoms with Crippen LogP contribution in [0.1, 0.15) is 24.2 Å². The van der Waals surface area contributed by atoms with Crippen LogP contribution in [0.4, 0.5) is 0 Å². The van der Waals surface area contributed by atoms with Crippen LogP contribution in [0.5, 0.6) is 0 Å². The summed E-state index contributed by atoms with van der Waals surface area (Å²) in [5.41, 5.74) is 2.11. The molecule has 1 unspecified atom stereocenters. The van der Waals surface area contributed by atoms with Gasteiger partial charge in [0.15, 0.2) is 0 Å². The van der Waals surface area contributed by atoms with Crippen LogP contribution in [0.15, 0.2) is 47.3 Å². The standard InChI is InChI=1S/C13H14BrN3/c1-2-16-12(10-5-3-7-15-9-10)13-11(14)6-4-8-17-13/h3-9,12,16H,2H2,1H3.